The van der Waals surface area contributed by atoms with E-state index in [0.717, 1.165) is 30.1 Å². The fraction of sp³-hybridized carbons (Fsp3) is 0.350. The van der Waals surface area contributed by atoms with Crippen molar-refractivity contribution in [2.45, 2.75) is 5.75 Å². The molecule has 144 valence electrons. The zero-order valence-electron chi connectivity index (χ0n) is 15.2. The number of rotatable bonds is 6. The number of hydrogen-bond donors (Lipinski definition) is 0. The second-order valence-corrected chi connectivity index (χ2v) is 8.03. The molecule has 1 heterocycles. The SMILES string of the molecule is COc1ccccc1N1CCN(C(=O)CSCc2c(Cl)cccc2Cl)CC1. The number of carbonyl (C=O) groups is 1. The molecule has 0 spiro atoms. The summed E-state index contributed by atoms with van der Waals surface area (Å²) in [6.45, 7) is 3.02. The summed E-state index contributed by atoms with van der Waals surface area (Å²) in [6, 6.07) is 13.5. The maximum atomic E-state index is 12.5. The predicted octanol–water partition coefficient (Wildman–Crippen LogP) is 4.58. The number of hydrogen-bond acceptors (Lipinski definition) is 4. The van der Waals surface area contributed by atoms with Crippen molar-refractivity contribution in [2.75, 3.05) is 43.9 Å². The van der Waals surface area contributed by atoms with Crippen molar-refractivity contribution in [1.29, 1.82) is 0 Å². The maximum absolute atomic E-state index is 12.5. The molecule has 2 aromatic carbocycles. The zero-order chi connectivity index (χ0) is 19.2. The van der Waals surface area contributed by atoms with Crippen LogP contribution in [0.4, 0.5) is 5.69 Å². The van der Waals surface area contributed by atoms with E-state index in [4.69, 9.17) is 27.9 Å². The number of nitrogens with zero attached hydrogens (tertiary/aromatic N) is 2. The van der Waals surface area contributed by atoms with Crippen LogP contribution in [-0.2, 0) is 10.5 Å². The van der Waals surface area contributed by atoms with Crippen molar-refractivity contribution in [1.82, 2.24) is 4.90 Å². The van der Waals surface area contributed by atoms with Crippen LogP contribution in [0.2, 0.25) is 10.0 Å². The lowest BCUT2D eigenvalue weighted by Crippen LogP contribution is -2.49. The van der Waals surface area contributed by atoms with Crippen LogP contribution in [0.15, 0.2) is 42.5 Å². The molecule has 0 bridgehead atoms. The lowest BCUT2D eigenvalue weighted by Gasteiger charge is -2.36. The fourth-order valence-corrected chi connectivity index (χ4v) is 4.75. The second-order valence-electron chi connectivity index (χ2n) is 6.23. The molecule has 0 N–H and O–H groups in total. The minimum atomic E-state index is 0.155. The summed E-state index contributed by atoms with van der Waals surface area (Å²) < 4.78 is 5.44. The van der Waals surface area contributed by atoms with Gasteiger partial charge < -0.3 is 14.5 Å². The van der Waals surface area contributed by atoms with Crippen molar-refractivity contribution in [3.05, 3.63) is 58.1 Å². The Morgan fingerprint density at radius 2 is 1.70 bits per heavy atom. The summed E-state index contributed by atoms with van der Waals surface area (Å²) in [4.78, 5) is 16.7. The third-order valence-corrected chi connectivity index (χ3v) is 6.24. The molecule has 1 saturated heterocycles. The van der Waals surface area contributed by atoms with Crippen LogP contribution in [-0.4, -0.2) is 49.8 Å². The van der Waals surface area contributed by atoms with Gasteiger partial charge in [0.15, 0.2) is 0 Å². The van der Waals surface area contributed by atoms with Crippen molar-refractivity contribution in [3.63, 3.8) is 0 Å². The standard InChI is InChI=1S/C20H22Cl2N2O2S/c1-26-19-8-3-2-7-18(19)23-9-11-24(12-10-23)20(25)14-27-13-15-16(21)5-4-6-17(15)22/h2-8H,9-14H2,1H3. The van der Waals surface area contributed by atoms with E-state index in [9.17, 15) is 4.79 Å². The first-order chi connectivity index (χ1) is 13.1. The molecular formula is C20H22Cl2N2O2S. The third-order valence-electron chi connectivity index (χ3n) is 4.59. The highest BCUT2D eigenvalue weighted by Crippen LogP contribution is 2.29. The van der Waals surface area contributed by atoms with Crippen molar-refractivity contribution < 1.29 is 9.53 Å². The van der Waals surface area contributed by atoms with Crippen LogP contribution < -0.4 is 9.64 Å². The van der Waals surface area contributed by atoms with Crippen LogP contribution in [0.1, 0.15) is 5.56 Å². The number of piperazine rings is 1. The summed E-state index contributed by atoms with van der Waals surface area (Å²) in [5, 5.41) is 1.29. The molecule has 0 saturated carbocycles. The van der Waals surface area contributed by atoms with Gasteiger partial charge in [0.25, 0.3) is 0 Å². The number of halogens is 2. The Kier molecular flexibility index (Phi) is 7.16. The van der Waals surface area contributed by atoms with Crippen molar-refractivity contribution in [3.8, 4) is 5.75 Å². The molecule has 1 fully saturated rings. The molecule has 0 radical (unpaired) electrons. The van der Waals surface area contributed by atoms with Gasteiger partial charge in [-0.05, 0) is 29.8 Å². The molecule has 27 heavy (non-hydrogen) atoms. The molecule has 4 nitrogen and oxygen atoms in total. The Hall–Kier alpha value is -1.56. The Morgan fingerprint density at radius 3 is 2.37 bits per heavy atom. The smallest absolute Gasteiger partial charge is 0.232 e. The van der Waals surface area contributed by atoms with Crippen LogP contribution in [0.25, 0.3) is 0 Å². The second kappa shape index (κ2) is 9.58. The zero-order valence-corrected chi connectivity index (χ0v) is 17.5. The van der Waals surface area contributed by atoms with Crippen molar-refractivity contribution in [2.24, 2.45) is 0 Å². The van der Waals surface area contributed by atoms with E-state index in [-0.39, 0.29) is 5.91 Å². The number of thioether (sulfide) groups is 1. The molecular weight excluding hydrogens is 403 g/mol. The van der Waals surface area contributed by atoms with Gasteiger partial charge in [0.05, 0.1) is 18.6 Å². The summed E-state index contributed by atoms with van der Waals surface area (Å²) in [6.07, 6.45) is 0. The lowest BCUT2D eigenvalue weighted by molar-refractivity contribution is -0.128. The number of amides is 1. The average molecular weight is 425 g/mol. The predicted molar refractivity (Wildman–Crippen MR) is 114 cm³/mol. The van der Waals surface area contributed by atoms with Crippen LogP contribution in [0.5, 0.6) is 5.75 Å². The van der Waals surface area contributed by atoms with Gasteiger partial charge in [0.2, 0.25) is 5.91 Å². The van der Waals surface area contributed by atoms with Gasteiger partial charge >= 0.3 is 0 Å². The van der Waals surface area contributed by atoms with E-state index < -0.39 is 0 Å². The summed E-state index contributed by atoms with van der Waals surface area (Å²) in [5.74, 6) is 2.08. The van der Waals surface area contributed by atoms with E-state index in [1.165, 1.54) is 0 Å². The summed E-state index contributed by atoms with van der Waals surface area (Å²) in [5.41, 5.74) is 1.97. The average Bonchev–Trinajstić information content (AvgIpc) is 2.70. The van der Waals surface area contributed by atoms with Gasteiger partial charge in [0, 0.05) is 42.0 Å². The number of carbonyl (C=O) groups excluding carboxylic acids is 1. The van der Waals surface area contributed by atoms with E-state index in [1.807, 2.05) is 41.3 Å². The van der Waals surface area contributed by atoms with Gasteiger partial charge in [-0.3, -0.25) is 4.79 Å². The molecule has 0 unspecified atom stereocenters. The molecule has 3 rings (SSSR count). The van der Waals surface area contributed by atoms with Gasteiger partial charge in [-0.15, -0.1) is 11.8 Å². The maximum Gasteiger partial charge on any atom is 0.232 e. The molecule has 0 aromatic heterocycles. The third kappa shape index (κ3) is 5.03. The quantitative estimate of drug-likeness (QED) is 0.678. The van der Waals surface area contributed by atoms with Gasteiger partial charge in [0.1, 0.15) is 5.75 Å². The van der Waals surface area contributed by atoms with Crippen molar-refractivity contribution >= 4 is 46.6 Å². The Morgan fingerprint density at radius 1 is 1.04 bits per heavy atom. The first-order valence-electron chi connectivity index (χ1n) is 8.76. The minimum Gasteiger partial charge on any atom is -0.495 e. The Labute approximate surface area is 174 Å². The van der Waals surface area contributed by atoms with Gasteiger partial charge in [-0.2, -0.15) is 0 Å². The topological polar surface area (TPSA) is 32.8 Å². The van der Waals surface area contributed by atoms with E-state index >= 15 is 0 Å². The highest BCUT2D eigenvalue weighted by atomic mass is 35.5. The largest absolute Gasteiger partial charge is 0.495 e. The molecule has 1 aliphatic heterocycles. The molecule has 1 amide bonds. The first-order valence-corrected chi connectivity index (χ1v) is 10.7. The van der Waals surface area contributed by atoms with Gasteiger partial charge in [-0.25, -0.2) is 0 Å². The number of para-hydroxylation sites is 2. The van der Waals surface area contributed by atoms with Gasteiger partial charge in [-0.1, -0.05) is 41.4 Å². The van der Waals surface area contributed by atoms with Crippen LogP contribution in [0.3, 0.4) is 0 Å². The van der Waals surface area contributed by atoms with Crippen LogP contribution in [0, 0.1) is 0 Å². The Balaban J connectivity index is 1.49. The number of methoxy groups -OCH3 is 1. The number of benzene rings is 2. The monoisotopic (exact) mass is 424 g/mol. The molecule has 0 atom stereocenters. The van der Waals surface area contributed by atoms with Crippen LogP contribution >= 0.6 is 35.0 Å². The van der Waals surface area contributed by atoms with E-state index in [2.05, 4.69) is 11.0 Å². The molecule has 2 aromatic rings. The van der Waals surface area contributed by atoms with E-state index in [1.54, 1.807) is 18.9 Å². The summed E-state index contributed by atoms with van der Waals surface area (Å²) >= 11 is 13.9. The normalized spacial score (nSPS) is 14.3. The Bertz CT molecular complexity index is 775. The molecule has 1 aliphatic rings. The molecule has 7 heteroatoms. The first kappa shape index (κ1) is 20.2. The summed E-state index contributed by atoms with van der Waals surface area (Å²) in [7, 11) is 1.68. The highest BCUT2D eigenvalue weighted by Gasteiger charge is 2.22. The number of ether oxygens (including phenoxy) is 1. The highest BCUT2D eigenvalue weighted by molar-refractivity contribution is 7.99. The number of anilines is 1. The van der Waals surface area contributed by atoms with E-state index in [0.29, 0.717) is 34.6 Å². The minimum absolute atomic E-state index is 0.155. The lowest BCUT2D eigenvalue weighted by atomic mass is 10.2. The molecule has 0 aliphatic carbocycles. The fourth-order valence-electron chi connectivity index (χ4n) is 3.09.